The highest BCUT2D eigenvalue weighted by molar-refractivity contribution is 6.16. The third-order valence-electron chi connectivity index (χ3n) is 2.99. The monoisotopic (exact) mass is 243 g/mol. The topological polar surface area (TPSA) is 32.5 Å². The summed E-state index contributed by atoms with van der Waals surface area (Å²) in [6.07, 6.45) is 1.64. The molecule has 2 rings (SSSR count). The Labute approximate surface area is 101 Å². The quantitative estimate of drug-likeness (QED) is 0.760. The lowest BCUT2D eigenvalue weighted by molar-refractivity contribution is 0.206. The minimum atomic E-state index is 0.412. The standard InChI is InChI=1S/C11H18ClN3O/c1-9(2)14-3-5-15(6-4-14)11-13-10(7-12)8-16-11/h8-9H,3-7H2,1-2H3. The molecule has 0 aromatic carbocycles. The molecule has 90 valence electrons. The van der Waals surface area contributed by atoms with Crippen LogP contribution in [0.3, 0.4) is 0 Å². The number of piperazine rings is 1. The molecule has 1 aromatic rings. The number of aromatic nitrogens is 1. The van der Waals surface area contributed by atoms with Crippen molar-refractivity contribution in [3.63, 3.8) is 0 Å². The van der Waals surface area contributed by atoms with Crippen molar-refractivity contribution in [3.05, 3.63) is 12.0 Å². The zero-order valence-corrected chi connectivity index (χ0v) is 10.6. The molecule has 0 N–H and O–H groups in total. The molecule has 1 saturated heterocycles. The fourth-order valence-electron chi connectivity index (χ4n) is 1.93. The van der Waals surface area contributed by atoms with Gasteiger partial charge in [-0.2, -0.15) is 4.98 Å². The molecule has 1 aromatic heterocycles. The molecule has 0 saturated carbocycles. The minimum absolute atomic E-state index is 0.412. The lowest BCUT2D eigenvalue weighted by Crippen LogP contribution is -2.49. The number of alkyl halides is 1. The minimum Gasteiger partial charge on any atom is -0.432 e. The SMILES string of the molecule is CC(C)N1CCN(c2nc(CCl)co2)CC1. The Morgan fingerprint density at radius 1 is 1.38 bits per heavy atom. The van der Waals surface area contributed by atoms with Crippen molar-refractivity contribution in [1.29, 1.82) is 0 Å². The Hall–Kier alpha value is -0.740. The molecule has 2 heterocycles. The summed E-state index contributed by atoms with van der Waals surface area (Å²) in [5.41, 5.74) is 0.808. The van der Waals surface area contributed by atoms with Crippen LogP contribution in [0.25, 0.3) is 0 Å². The zero-order chi connectivity index (χ0) is 11.5. The van der Waals surface area contributed by atoms with Crippen LogP contribution >= 0.6 is 11.6 Å². The largest absolute Gasteiger partial charge is 0.432 e. The van der Waals surface area contributed by atoms with Gasteiger partial charge in [0.2, 0.25) is 0 Å². The Bertz CT molecular complexity index is 332. The first-order valence-corrected chi connectivity index (χ1v) is 6.23. The molecule has 1 aliphatic rings. The van der Waals surface area contributed by atoms with E-state index in [-0.39, 0.29) is 0 Å². The van der Waals surface area contributed by atoms with Gasteiger partial charge in [-0.05, 0) is 13.8 Å². The third kappa shape index (κ3) is 2.50. The van der Waals surface area contributed by atoms with Crippen molar-refractivity contribution in [2.24, 2.45) is 0 Å². The van der Waals surface area contributed by atoms with Crippen molar-refractivity contribution in [2.45, 2.75) is 25.8 Å². The highest BCUT2D eigenvalue weighted by Gasteiger charge is 2.21. The van der Waals surface area contributed by atoms with Crippen molar-refractivity contribution < 1.29 is 4.42 Å². The fourth-order valence-corrected chi connectivity index (χ4v) is 2.06. The number of rotatable bonds is 3. The lowest BCUT2D eigenvalue weighted by atomic mass is 10.2. The van der Waals surface area contributed by atoms with Gasteiger partial charge in [-0.3, -0.25) is 4.90 Å². The molecule has 0 bridgehead atoms. The van der Waals surface area contributed by atoms with E-state index in [2.05, 4.69) is 28.6 Å². The van der Waals surface area contributed by atoms with Gasteiger partial charge in [0, 0.05) is 32.2 Å². The van der Waals surface area contributed by atoms with E-state index >= 15 is 0 Å². The predicted octanol–water partition coefficient (Wildman–Crippen LogP) is 1.94. The van der Waals surface area contributed by atoms with E-state index in [1.165, 1.54) is 0 Å². The molecule has 0 atom stereocenters. The first-order chi connectivity index (χ1) is 7.70. The molecule has 0 amide bonds. The second-order valence-electron chi connectivity index (χ2n) is 4.37. The first kappa shape index (κ1) is 11.7. The van der Waals surface area contributed by atoms with Crippen LogP contribution in [-0.4, -0.2) is 42.1 Å². The van der Waals surface area contributed by atoms with Gasteiger partial charge in [0.15, 0.2) is 0 Å². The van der Waals surface area contributed by atoms with Crippen LogP contribution in [-0.2, 0) is 5.88 Å². The number of hydrogen-bond donors (Lipinski definition) is 0. The number of oxazole rings is 1. The van der Waals surface area contributed by atoms with Crippen LogP contribution in [0.1, 0.15) is 19.5 Å². The van der Waals surface area contributed by atoms with Crippen LogP contribution in [0.15, 0.2) is 10.7 Å². The Balaban J connectivity index is 1.93. The van der Waals surface area contributed by atoms with Gasteiger partial charge >= 0.3 is 0 Å². The molecule has 4 nitrogen and oxygen atoms in total. The molecule has 0 unspecified atom stereocenters. The summed E-state index contributed by atoms with van der Waals surface area (Å²) < 4.78 is 5.40. The summed E-state index contributed by atoms with van der Waals surface area (Å²) in [6.45, 7) is 8.53. The Morgan fingerprint density at radius 3 is 2.56 bits per heavy atom. The van der Waals surface area contributed by atoms with Crippen LogP contribution in [0.4, 0.5) is 6.01 Å². The van der Waals surface area contributed by atoms with Gasteiger partial charge in [-0.15, -0.1) is 11.6 Å². The fraction of sp³-hybridized carbons (Fsp3) is 0.727. The van der Waals surface area contributed by atoms with Gasteiger partial charge in [0.25, 0.3) is 6.01 Å². The molecule has 1 fully saturated rings. The van der Waals surface area contributed by atoms with Crippen molar-refractivity contribution >= 4 is 17.6 Å². The van der Waals surface area contributed by atoms with Gasteiger partial charge in [0.1, 0.15) is 6.26 Å². The third-order valence-corrected chi connectivity index (χ3v) is 3.27. The molecular weight excluding hydrogens is 226 g/mol. The van der Waals surface area contributed by atoms with E-state index in [0.29, 0.717) is 17.9 Å². The average Bonchev–Trinajstić information content (AvgIpc) is 2.77. The maximum absolute atomic E-state index is 5.69. The van der Waals surface area contributed by atoms with Crippen molar-refractivity contribution in [2.75, 3.05) is 31.1 Å². The smallest absolute Gasteiger partial charge is 0.297 e. The molecule has 1 aliphatic heterocycles. The Kier molecular flexibility index (Phi) is 3.71. The van der Waals surface area contributed by atoms with E-state index < -0.39 is 0 Å². The average molecular weight is 244 g/mol. The second-order valence-corrected chi connectivity index (χ2v) is 4.64. The molecule has 16 heavy (non-hydrogen) atoms. The zero-order valence-electron chi connectivity index (χ0n) is 9.82. The number of halogens is 1. The number of hydrogen-bond acceptors (Lipinski definition) is 4. The number of nitrogens with zero attached hydrogens (tertiary/aromatic N) is 3. The lowest BCUT2D eigenvalue weighted by Gasteiger charge is -2.36. The highest BCUT2D eigenvalue weighted by atomic mass is 35.5. The number of anilines is 1. The summed E-state index contributed by atoms with van der Waals surface area (Å²) in [4.78, 5) is 8.97. The summed E-state index contributed by atoms with van der Waals surface area (Å²) in [5.74, 6) is 0.412. The molecule has 5 heteroatoms. The van der Waals surface area contributed by atoms with E-state index in [4.69, 9.17) is 16.0 Å². The van der Waals surface area contributed by atoms with Crippen LogP contribution < -0.4 is 4.90 Å². The van der Waals surface area contributed by atoms with Gasteiger partial charge < -0.3 is 9.32 Å². The van der Waals surface area contributed by atoms with E-state index in [9.17, 15) is 0 Å². The highest BCUT2D eigenvalue weighted by Crippen LogP contribution is 2.17. The summed E-state index contributed by atoms with van der Waals surface area (Å²) in [6, 6.07) is 1.32. The van der Waals surface area contributed by atoms with Crippen molar-refractivity contribution in [3.8, 4) is 0 Å². The van der Waals surface area contributed by atoms with Crippen LogP contribution in [0.5, 0.6) is 0 Å². The second kappa shape index (κ2) is 5.06. The van der Waals surface area contributed by atoms with Gasteiger partial charge in [-0.25, -0.2) is 0 Å². The molecule has 0 radical (unpaired) electrons. The van der Waals surface area contributed by atoms with Gasteiger partial charge in [0.05, 0.1) is 11.6 Å². The summed E-state index contributed by atoms with van der Waals surface area (Å²) >= 11 is 5.69. The van der Waals surface area contributed by atoms with Crippen LogP contribution in [0.2, 0.25) is 0 Å². The van der Waals surface area contributed by atoms with E-state index in [1.54, 1.807) is 6.26 Å². The first-order valence-electron chi connectivity index (χ1n) is 5.70. The van der Waals surface area contributed by atoms with E-state index in [1.807, 2.05) is 0 Å². The van der Waals surface area contributed by atoms with Crippen LogP contribution in [0, 0.1) is 0 Å². The molecule has 0 aliphatic carbocycles. The normalized spacial score (nSPS) is 18.4. The maximum atomic E-state index is 5.69. The molecular formula is C11H18ClN3O. The van der Waals surface area contributed by atoms with E-state index in [0.717, 1.165) is 31.9 Å². The summed E-state index contributed by atoms with van der Waals surface area (Å²) in [5, 5.41) is 0. The van der Waals surface area contributed by atoms with Gasteiger partial charge in [-0.1, -0.05) is 0 Å². The summed E-state index contributed by atoms with van der Waals surface area (Å²) in [7, 11) is 0. The maximum Gasteiger partial charge on any atom is 0.297 e. The predicted molar refractivity (Wildman–Crippen MR) is 65.0 cm³/mol. The Morgan fingerprint density at radius 2 is 2.06 bits per heavy atom. The van der Waals surface area contributed by atoms with Crippen molar-refractivity contribution in [1.82, 2.24) is 9.88 Å². The molecule has 0 spiro atoms.